The van der Waals surface area contributed by atoms with Crippen LogP contribution in [0.5, 0.6) is 0 Å². The fraction of sp³-hybridized carbons (Fsp3) is 0.600. The van der Waals surface area contributed by atoms with E-state index < -0.39 is 30.7 Å². The van der Waals surface area contributed by atoms with Crippen LogP contribution in [-0.2, 0) is 13.8 Å². The van der Waals surface area contributed by atoms with E-state index in [-0.39, 0.29) is 42.6 Å². The number of ether oxygens (including phenoxy) is 1. The standard InChI is InChI=1S/C10H15N2O6P.Na/c1-6-4-12(10(14)11-9(6)13)8-3-7(5-18-8)19(15,16)17-2;/h4,7-8H,3,5H2,1-2H3,(H,15,16)(H,11,13,14);. The predicted molar refractivity (Wildman–Crippen MR) is 72.0 cm³/mol. The topological polar surface area (TPSA) is 111 Å². The molecule has 0 bridgehead atoms. The Morgan fingerprint density at radius 2 is 2.20 bits per heavy atom. The van der Waals surface area contributed by atoms with Gasteiger partial charge in [0.05, 0.1) is 12.3 Å². The SMILES string of the molecule is COP(=O)(O)C1COC(n2cc(C)c(=O)[nH]c2=O)C1.[Na]. The summed E-state index contributed by atoms with van der Waals surface area (Å²) in [4.78, 5) is 34.7. The molecule has 8 nitrogen and oxygen atoms in total. The van der Waals surface area contributed by atoms with Crippen molar-refractivity contribution < 1.29 is 18.7 Å². The Bertz CT molecular complexity index is 641. The summed E-state index contributed by atoms with van der Waals surface area (Å²) in [6.07, 6.45) is 0.875. The third-order valence-electron chi connectivity index (χ3n) is 3.13. The molecule has 10 heteroatoms. The zero-order valence-corrected chi connectivity index (χ0v) is 14.4. The van der Waals surface area contributed by atoms with E-state index >= 15 is 0 Å². The number of H-pyrrole nitrogens is 1. The second-order valence-electron chi connectivity index (χ2n) is 4.40. The van der Waals surface area contributed by atoms with Gasteiger partial charge in [0.1, 0.15) is 6.23 Å². The minimum atomic E-state index is -3.73. The number of nitrogens with one attached hydrogen (secondary N) is 1. The largest absolute Gasteiger partial charge is 0.357 e. The number of hydrogen-bond donors (Lipinski definition) is 2. The average Bonchev–Trinajstić information content (AvgIpc) is 2.84. The predicted octanol–water partition coefficient (Wildman–Crippen LogP) is -0.416. The van der Waals surface area contributed by atoms with Crippen molar-refractivity contribution in [3.05, 3.63) is 32.6 Å². The molecule has 3 unspecified atom stereocenters. The van der Waals surface area contributed by atoms with Crippen molar-refractivity contribution in [1.29, 1.82) is 0 Å². The maximum Gasteiger partial charge on any atom is 0.333 e. The zero-order valence-electron chi connectivity index (χ0n) is 11.5. The molecule has 107 valence electrons. The molecule has 0 aliphatic carbocycles. The molecule has 0 amide bonds. The Balaban J connectivity index is 0.00000200. The molecule has 3 atom stereocenters. The van der Waals surface area contributed by atoms with E-state index in [9.17, 15) is 19.0 Å². The first-order chi connectivity index (χ1) is 8.85. The van der Waals surface area contributed by atoms with Crippen LogP contribution in [0.3, 0.4) is 0 Å². The molecule has 0 saturated carbocycles. The minimum Gasteiger partial charge on any atom is -0.357 e. The Hall–Kier alpha value is -0.210. The van der Waals surface area contributed by atoms with Gasteiger partial charge in [0, 0.05) is 54.8 Å². The number of aromatic amines is 1. The van der Waals surface area contributed by atoms with Crippen LogP contribution in [-0.4, -0.2) is 63.4 Å². The molecule has 2 N–H and O–H groups in total. The van der Waals surface area contributed by atoms with Gasteiger partial charge in [-0.2, -0.15) is 0 Å². The quantitative estimate of drug-likeness (QED) is 0.579. The van der Waals surface area contributed by atoms with E-state index in [0.29, 0.717) is 5.56 Å². The molecular formula is C10H15N2NaO6P. The van der Waals surface area contributed by atoms with Crippen molar-refractivity contribution in [3.63, 3.8) is 0 Å². The Labute approximate surface area is 136 Å². The van der Waals surface area contributed by atoms with E-state index in [1.54, 1.807) is 6.92 Å². The molecule has 1 aliphatic rings. The van der Waals surface area contributed by atoms with E-state index in [1.807, 2.05) is 0 Å². The molecule has 1 aromatic rings. The molecule has 1 fully saturated rings. The number of hydrogen-bond acceptors (Lipinski definition) is 5. The van der Waals surface area contributed by atoms with Crippen LogP contribution in [0.25, 0.3) is 0 Å². The number of aryl methyl sites for hydroxylation is 1. The molecular weight excluding hydrogens is 298 g/mol. The molecule has 1 aromatic heterocycles. The van der Waals surface area contributed by atoms with Gasteiger partial charge >= 0.3 is 13.3 Å². The maximum absolute atomic E-state index is 11.7. The molecule has 20 heavy (non-hydrogen) atoms. The first-order valence-electron chi connectivity index (χ1n) is 5.67. The summed E-state index contributed by atoms with van der Waals surface area (Å²) in [6, 6.07) is 0. The summed E-state index contributed by atoms with van der Waals surface area (Å²) < 4.78 is 22.8. The van der Waals surface area contributed by atoms with Crippen LogP contribution < -0.4 is 11.2 Å². The van der Waals surface area contributed by atoms with Gasteiger partial charge in [-0.1, -0.05) is 0 Å². The van der Waals surface area contributed by atoms with Crippen LogP contribution in [0.2, 0.25) is 0 Å². The van der Waals surface area contributed by atoms with Gasteiger partial charge in [-0.3, -0.25) is 18.9 Å². The van der Waals surface area contributed by atoms with E-state index in [0.717, 1.165) is 7.11 Å². The van der Waals surface area contributed by atoms with Gasteiger partial charge < -0.3 is 14.2 Å². The number of nitrogens with zero attached hydrogens (tertiary/aromatic N) is 1. The van der Waals surface area contributed by atoms with Crippen LogP contribution in [0, 0.1) is 6.92 Å². The van der Waals surface area contributed by atoms with Crippen molar-refractivity contribution in [2.75, 3.05) is 13.7 Å². The van der Waals surface area contributed by atoms with Gasteiger partial charge in [0.15, 0.2) is 0 Å². The molecule has 2 heterocycles. The van der Waals surface area contributed by atoms with E-state index in [1.165, 1.54) is 10.8 Å². The third kappa shape index (κ3) is 3.51. The van der Waals surface area contributed by atoms with Crippen LogP contribution in [0.4, 0.5) is 0 Å². The second kappa shape index (κ2) is 6.70. The zero-order chi connectivity index (χ0) is 14.2. The second-order valence-corrected chi connectivity index (χ2v) is 6.63. The molecule has 1 radical (unpaired) electrons. The monoisotopic (exact) mass is 313 g/mol. The summed E-state index contributed by atoms with van der Waals surface area (Å²) >= 11 is 0. The molecule has 1 saturated heterocycles. The number of rotatable bonds is 3. The van der Waals surface area contributed by atoms with Crippen molar-refractivity contribution in [1.82, 2.24) is 9.55 Å². The molecule has 0 spiro atoms. The van der Waals surface area contributed by atoms with Crippen LogP contribution in [0.15, 0.2) is 15.8 Å². The molecule has 1 aliphatic heterocycles. The van der Waals surface area contributed by atoms with E-state index in [4.69, 9.17) is 4.74 Å². The number of aromatic nitrogens is 2. The van der Waals surface area contributed by atoms with Crippen LogP contribution in [0.1, 0.15) is 18.2 Å². The summed E-state index contributed by atoms with van der Waals surface area (Å²) in [6.45, 7) is 1.59. The minimum absolute atomic E-state index is 0. The van der Waals surface area contributed by atoms with Gasteiger partial charge in [-0.05, 0) is 6.92 Å². The average molecular weight is 313 g/mol. The van der Waals surface area contributed by atoms with Crippen molar-refractivity contribution in [2.24, 2.45) is 0 Å². The molecule has 0 aromatic carbocycles. The first-order valence-corrected chi connectivity index (χ1v) is 7.31. The van der Waals surface area contributed by atoms with E-state index in [2.05, 4.69) is 9.51 Å². The van der Waals surface area contributed by atoms with Gasteiger partial charge in [0.2, 0.25) is 0 Å². The van der Waals surface area contributed by atoms with Gasteiger partial charge in [0.25, 0.3) is 5.56 Å². The Morgan fingerprint density at radius 1 is 1.55 bits per heavy atom. The van der Waals surface area contributed by atoms with Crippen LogP contribution >= 0.6 is 7.60 Å². The van der Waals surface area contributed by atoms with Crippen molar-refractivity contribution in [3.8, 4) is 0 Å². The van der Waals surface area contributed by atoms with Gasteiger partial charge in [-0.15, -0.1) is 0 Å². The summed E-state index contributed by atoms with van der Waals surface area (Å²) in [5.41, 5.74) is -1.38. The Morgan fingerprint density at radius 3 is 2.80 bits per heavy atom. The Kier molecular flexibility index (Phi) is 5.98. The third-order valence-corrected chi connectivity index (χ3v) is 4.94. The summed E-state index contributed by atoms with van der Waals surface area (Å²) in [7, 11) is -2.57. The fourth-order valence-electron chi connectivity index (χ4n) is 1.96. The van der Waals surface area contributed by atoms with Crippen molar-refractivity contribution >= 4 is 37.2 Å². The maximum atomic E-state index is 11.7. The fourth-order valence-corrected chi connectivity index (χ4v) is 2.98. The summed E-state index contributed by atoms with van der Waals surface area (Å²) in [5, 5.41) is 0. The van der Waals surface area contributed by atoms with Crippen molar-refractivity contribution in [2.45, 2.75) is 25.2 Å². The first kappa shape index (κ1) is 17.8. The smallest absolute Gasteiger partial charge is 0.333 e. The molecule has 2 rings (SSSR count). The van der Waals surface area contributed by atoms with Gasteiger partial charge in [-0.25, -0.2) is 4.79 Å². The normalized spacial score (nSPS) is 24.9. The summed E-state index contributed by atoms with van der Waals surface area (Å²) in [5.74, 6) is 0.